The van der Waals surface area contributed by atoms with Crippen molar-refractivity contribution in [2.24, 2.45) is 4.99 Å². The van der Waals surface area contributed by atoms with Gasteiger partial charge in [-0.25, -0.2) is 9.79 Å². The molecule has 5 rings (SSSR count). The van der Waals surface area contributed by atoms with Crippen molar-refractivity contribution in [2.45, 2.75) is 19.9 Å². The first-order valence-corrected chi connectivity index (χ1v) is 12.5. The van der Waals surface area contributed by atoms with Gasteiger partial charge in [-0.1, -0.05) is 35.1 Å². The van der Waals surface area contributed by atoms with Gasteiger partial charge in [0.15, 0.2) is 16.3 Å². The van der Waals surface area contributed by atoms with Crippen molar-refractivity contribution in [3.05, 3.63) is 83.5 Å². The number of ether oxygens (including phenoxy) is 3. The van der Waals surface area contributed by atoms with E-state index >= 15 is 0 Å². The van der Waals surface area contributed by atoms with E-state index in [9.17, 15) is 9.59 Å². The van der Waals surface area contributed by atoms with E-state index in [0.717, 1.165) is 11.3 Å². The average molecular weight is 526 g/mol. The number of thiazole rings is 1. The van der Waals surface area contributed by atoms with Crippen molar-refractivity contribution in [1.82, 2.24) is 4.57 Å². The third-order valence-electron chi connectivity index (χ3n) is 6.02. The molecule has 1 aromatic heterocycles. The number of aromatic nitrogens is 1. The summed E-state index contributed by atoms with van der Waals surface area (Å²) in [4.78, 5) is 33.9. The van der Waals surface area contributed by atoms with Gasteiger partial charge < -0.3 is 19.1 Å². The van der Waals surface area contributed by atoms with Gasteiger partial charge in [0.25, 0.3) is 5.56 Å². The molecule has 0 fully saturated rings. The normalized spacial score (nSPS) is 16.6. The quantitative estimate of drug-likeness (QED) is 0.476. The van der Waals surface area contributed by atoms with Gasteiger partial charge in [0.1, 0.15) is 0 Å². The maximum atomic E-state index is 13.8. The molecule has 0 N–H and O–H groups in total. The number of halogens is 1. The topological polar surface area (TPSA) is 82.4 Å². The summed E-state index contributed by atoms with van der Waals surface area (Å²) in [5.74, 6) is 0.640. The number of hydrogen-bond acceptors (Lipinski definition) is 8. The van der Waals surface area contributed by atoms with Crippen LogP contribution in [0.5, 0.6) is 11.5 Å². The molecule has 2 aromatic carbocycles. The lowest BCUT2D eigenvalue weighted by atomic mass is 9.95. The molecule has 0 radical (unpaired) electrons. The zero-order valence-corrected chi connectivity index (χ0v) is 21.8. The van der Waals surface area contributed by atoms with E-state index in [1.165, 1.54) is 11.3 Å². The third-order valence-corrected chi connectivity index (χ3v) is 7.33. The van der Waals surface area contributed by atoms with E-state index in [1.54, 1.807) is 36.6 Å². The van der Waals surface area contributed by atoms with Gasteiger partial charge in [0, 0.05) is 25.8 Å². The Bertz CT molecular complexity index is 1570. The largest absolute Gasteiger partial charge is 0.463 e. The van der Waals surface area contributed by atoms with Gasteiger partial charge in [-0.05, 0) is 49.2 Å². The van der Waals surface area contributed by atoms with Crippen LogP contribution in [0.4, 0.5) is 5.69 Å². The highest BCUT2D eigenvalue weighted by Crippen LogP contribution is 2.37. The van der Waals surface area contributed by atoms with Crippen LogP contribution in [0.1, 0.15) is 31.0 Å². The highest BCUT2D eigenvalue weighted by molar-refractivity contribution is 7.07. The number of rotatable bonds is 5. The maximum absolute atomic E-state index is 13.8. The van der Waals surface area contributed by atoms with Gasteiger partial charge in [0.2, 0.25) is 6.79 Å². The molecular weight excluding hydrogens is 502 g/mol. The first-order valence-electron chi connectivity index (χ1n) is 11.3. The van der Waals surface area contributed by atoms with Crippen molar-refractivity contribution >= 4 is 40.7 Å². The average Bonchev–Trinajstić information content (AvgIpc) is 3.42. The first kappa shape index (κ1) is 24.1. The van der Waals surface area contributed by atoms with Crippen LogP contribution in [0.2, 0.25) is 5.02 Å². The van der Waals surface area contributed by atoms with E-state index in [1.807, 2.05) is 43.3 Å². The Morgan fingerprint density at radius 2 is 1.94 bits per heavy atom. The fraction of sp³-hybridized carbons (Fsp3) is 0.269. The Morgan fingerprint density at radius 1 is 1.25 bits per heavy atom. The molecule has 0 saturated heterocycles. The first-order chi connectivity index (χ1) is 17.3. The van der Waals surface area contributed by atoms with Crippen molar-refractivity contribution in [1.29, 1.82) is 0 Å². The smallest absolute Gasteiger partial charge is 0.338 e. The van der Waals surface area contributed by atoms with Crippen LogP contribution in [-0.4, -0.2) is 38.0 Å². The molecule has 0 spiro atoms. The zero-order chi connectivity index (χ0) is 25.6. The van der Waals surface area contributed by atoms with Crippen LogP contribution in [0.25, 0.3) is 6.08 Å². The minimum absolute atomic E-state index is 0.125. The van der Waals surface area contributed by atoms with Crippen LogP contribution in [0, 0.1) is 0 Å². The third kappa shape index (κ3) is 4.18. The molecule has 2 aliphatic rings. The molecule has 3 heterocycles. The Hall–Kier alpha value is -3.56. The molecule has 0 aliphatic carbocycles. The highest BCUT2D eigenvalue weighted by Gasteiger charge is 2.33. The van der Waals surface area contributed by atoms with Crippen LogP contribution in [0.3, 0.4) is 0 Å². The van der Waals surface area contributed by atoms with E-state index in [2.05, 4.69) is 4.99 Å². The number of hydrogen-bond donors (Lipinski definition) is 0. The van der Waals surface area contributed by atoms with E-state index in [4.69, 9.17) is 25.8 Å². The molecule has 2 aliphatic heterocycles. The number of anilines is 1. The van der Waals surface area contributed by atoms with E-state index in [-0.39, 0.29) is 19.0 Å². The number of esters is 1. The molecule has 0 saturated carbocycles. The van der Waals surface area contributed by atoms with Crippen LogP contribution in [-0.2, 0) is 9.53 Å². The second-order valence-corrected chi connectivity index (χ2v) is 9.93. The fourth-order valence-corrected chi connectivity index (χ4v) is 5.49. The Morgan fingerprint density at radius 3 is 2.61 bits per heavy atom. The summed E-state index contributed by atoms with van der Waals surface area (Å²) in [6.45, 7) is 3.85. The lowest BCUT2D eigenvalue weighted by molar-refractivity contribution is -0.139. The second kappa shape index (κ2) is 9.48. The van der Waals surface area contributed by atoms with Crippen LogP contribution < -0.4 is 29.3 Å². The summed E-state index contributed by atoms with van der Waals surface area (Å²) >= 11 is 7.70. The van der Waals surface area contributed by atoms with Gasteiger partial charge in [-0.15, -0.1) is 0 Å². The standard InChI is InChI=1S/C26H24ClN3O5S/c1-5-33-25(32)22-14(2)28-26-30(23(22)15-6-8-17(9-7-15)29(3)4)24(31)21(36-26)11-16-10-19-20(12-18(16)27)35-13-34-19/h6-12,23H,5,13H2,1-4H3/b21-11+/t23-/m1/s1. The molecule has 0 amide bonds. The van der Waals surface area contributed by atoms with Gasteiger partial charge >= 0.3 is 5.97 Å². The molecule has 0 unspecified atom stereocenters. The Balaban J connectivity index is 1.69. The van der Waals surface area contributed by atoms with Crippen LogP contribution >= 0.6 is 22.9 Å². The van der Waals surface area contributed by atoms with E-state index < -0.39 is 12.0 Å². The summed E-state index contributed by atoms with van der Waals surface area (Å²) in [5.41, 5.74) is 3.00. The molecule has 10 heteroatoms. The number of carbonyl (C=O) groups excluding carboxylic acids is 1. The van der Waals surface area contributed by atoms with Crippen LogP contribution in [0.15, 0.2) is 57.5 Å². The number of benzene rings is 2. The maximum Gasteiger partial charge on any atom is 0.338 e. The molecule has 36 heavy (non-hydrogen) atoms. The monoisotopic (exact) mass is 525 g/mol. The summed E-state index contributed by atoms with van der Waals surface area (Å²) in [5, 5.41) is 0.435. The van der Waals surface area contributed by atoms with Gasteiger partial charge in [0.05, 0.1) is 33.5 Å². The van der Waals surface area contributed by atoms with E-state index in [0.29, 0.717) is 42.7 Å². The lowest BCUT2D eigenvalue weighted by Gasteiger charge is -2.25. The second-order valence-electron chi connectivity index (χ2n) is 8.52. The molecular formula is C26H24ClN3O5S. The molecule has 0 bridgehead atoms. The summed E-state index contributed by atoms with van der Waals surface area (Å²) in [7, 11) is 3.90. The van der Waals surface area contributed by atoms with Crippen molar-refractivity contribution < 1.29 is 19.0 Å². The lowest BCUT2D eigenvalue weighted by Crippen LogP contribution is -2.39. The predicted octanol–water partition coefficient (Wildman–Crippen LogP) is 3.25. The molecule has 8 nitrogen and oxygen atoms in total. The van der Waals surface area contributed by atoms with Crippen molar-refractivity contribution in [2.75, 3.05) is 32.4 Å². The Labute approximate surface area is 216 Å². The predicted molar refractivity (Wildman–Crippen MR) is 139 cm³/mol. The minimum atomic E-state index is -0.675. The highest BCUT2D eigenvalue weighted by atomic mass is 35.5. The minimum Gasteiger partial charge on any atom is -0.463 e. The summed E-state index contributed by atoms with van der Waals surface area (Å²) in [6, 6.07) is 10.5. The molecule has 186 valence electrons. The van der Waals surface area contributed by atoms with Crippen molar-refractivity contribution in [3.63, 3.8) is 0 Å². The molecule has 1 atom stereocenters. The van der Waals surface area contributed by atoms with Gasteiger partial charge in [-0.3, -0.25) is 9.36 Å². The summed E-state index contributed by atoms with van der Waals surface area (Å²) in [6.07, 6.45) is 1.71. The van der Waals surface area contributed by atoms with Crippen molar-refractivity contribution in [3.8, 4) is 11.5 Å². The molecule has 3 aromatic rings. The number of carbonyl (C=O) groups is 1. The number of nitrogens with zero attached hydrogens (tertiary/aromatic N) is 3. The van der Waals surface area contributed by atoms with Gasteiger partial charge in [-0.2, -0.15) is 0 Å². The SMILES string of the molecule is CCOC(=O)C1=C(C)N=c2s/c(=C/c3cc4c(cc3Cl)OCO4)c(=O)n2[C@@H]1c1ccc(N(C)C)cc1. The fourth-order valence-electron chi connectivity index (χ4n) is 4.25. The summed E-state index contributed by atoms with van der Waals surface area (Å²) < 4.78 is 18.2. The number of allylic oxidation sites excluding steroid dienone is 1. The zero-order valence-electron chi connectivity index (χ0n) is 20.2. The Kier molecular flexibility index (Phi) is 6.36. The number of fused-ring (bicyclic) bond motifs is 2.